The van der Waals surface area contributed by atoms with Crippen molar-refractivity contribution in [3.05, 3.63) is 83.9 Å². The monoisotopic (exact) mass is 436 g/mol. The minimum atomic E-state index is -3.44. The topological polar surface area (TPSA) is 62.5 Å². The number of nitrogens with zero attached hydrogens (tertiary/aromatic N) is 2. The Morgan fingerprint density at radius 1 is 0.935 bits per heavy atom. The molecule has 1 aromatic heterocycles. The van der Waals surface area contributed by atoms with Crippen LogP contribution in [0.15, 0.2) is 72.8 Å². The average Bonchev–Trinajstić information content (AvgIpc) is 3.04. The van der Waals surface area contributed by atoms with E-state index < -0.39 is 16.1 Å². The molecule has 1 N–H and O–H groups in total. The zero-order chi connectivity index (χ0) is 22.0. The molecule has 0 saturated heterocycles. The van der Waals surface area contributed by atoms with Crippen LogP contribution in [0.1, 0.15) is 11.1 Å². The minimum Gasteiger partial charge on any atom is -0.390 e. The summed E-state index contributed by atoms with van der Waals surface area (Å²) in [5.74, 6) is 0. The molecule has 0 aliphatic carbocycles. The Kier molecular flexibility index (Phi) is 6.14. The molecule has 1 unspecified atom stereocenters. The summed E-state index contributed by atoms with van der Waals surface area (Å²) >= 11 is 0. The van der Waals surface area contributed by atoms with Gasteiger partial charge in [0.1, 0.15) is 0 Å². The first-order valence-corrected chi connectivity index (χ1v) is 12.3. The number of fused-ring (bicyclic) bond motifs is 3. The van der Waals surface area contributed by atoms with E-state index in [-0.39, 0.29) is 6.54 Å². The van der Waals surface area contributed by atoms with E-state index in [1.165, 1.54) is 10.6 Å². The third kappa shape index (κ3) is 4.82. The summed E-state index contributed by atoms with van der Waals surface area (Å²) in [6.45, 7) is 2.75. The first-order chi connectivity index (χ1) is 14.8. The van der Waals surface area contributed by atoms with E-state index in [1.807, 2.05) is 61.5 Å². The Bertz CT molecular complexity index is 1260. The molecule has 5 nitrogen and oxygen atoms in total. The summed E-state index contributed by atoms with van der Waals surface area (Å²) in [5, 5.41) is 13.1. The molecule has 0 bridgehead atoms. The molecular formula is C25H28N2O3S. The van der Waals surface area contributed by atoms with Crippen LogP contribution in [0.5, 0.6) is 0 Å². The van der Waals surface area contributed by atoms with Crippen LogP contribution in [-0.2, 0) is 23.0 Å². The van der Waals surface area contributed by atoms with Crippen LogP contribution in [0.3, 0.4) is 0 Å². The first-order valence-electron chi connectivity index (χ1n) is 10.5. The van der Waals surface area contributed by atoms with Gasteiger partial charge in [-0.2, -0.15) is 4.31 Å². The van der Waals surface area contributed by atoms with Crippen LogP contribution < -0.4 is 0 Å². The van der Waals surface area contributed by atoms with Gasteiger partial charge < -0.3 is 9.67 Å². The molecule has 0 aliphatic heterocycles. The minimum absolute atomic E-state index is 0.0610. The second kappa shape index (κ2) is 8.83. The van der Waals surface area contributed by atoms with Gasteiger partial charge in [0.15, 0.2) is 0 Å². The van der Waals surface area contributed by atoms with Crippen molar-refractivity contribution in [1.82, 2.24) is 8.87 Å². The SMILES string of the molecule is Cc1cccc(CCN(CC(O)Cn2c3ccccc3c3ccccc32)S(C)(=O)=O)c1. The number of hydrogen-bond acceptors (Lipinski definition) is 3. The molecule has 0 radical (unpaired) electrons. The lowest BCUT2D eigenvalue weighted by molar-refractivity contribution is 0.131. The second-order valence-electron chi connectivity index (χ2n) is 8.16. The van der Waals surface area contributed by atoms with Crippen LogP contribution >= 0.6 is 0 Å². The molecular weight excluding hydrogens is 408 g/mol. The Hall–Kier alpha value is -2.67. The smallest absolute Gasteiger partial charge is 0.211 e. The van der Waals surface area contributed by atoms with Crippen LogP contribution in [0.25, 0.3) is 21.8 Å². The molecule has 0 aliphatic rings. The number of rotatable bonds is 8. The lowest BCUT2D eigenvalue weighted by atomic mass is 10.1. The standard InChI is InChI=1S/C25H28N2O3S/c1-19-8-7-9-20(16-19)14-15-26(31(2,29)30)17-21(28)18-27-24-12-5-3-10-22(24)23-11-4-6-13-25(23)27/h3-13,16,21,28H,14-15,17-18H2,1-2H3. The summed E-state index contributed by atoms with van der Waals surface area (Å²) < 4.78 is 28.2. The lowest BCUT2D eigenvalue weighted by Gasteiger charge is -2.24. The van der Waals surface area contributed by atoms with E-state index in [0.29, 0.717) is 19.5 Å². The predicted octanol–water partition coefficient (Wildman–Crippen LogP) is 3.97. The van der Waals surface area contributed by atoms with E-state index in [9.17, 15) is 13.5 Å². The average molecular weight is 437 g/mol. The first kappa shape index (κ1) is 21.6. The molecule has 4 aromatic rings. The molecule has 4 rings (SSSR count). The van der Waals surface area contributed by atoms with Crippen molar-refractivity contribution in [2.24, 2.45) is 0 Å². The third-order valence-electron chi connectivity index (χ3n) is 5.69. The maximum Gasteiger partial charge on any atom is 0.211 e. The fraction of sp³-hybridized carbons (Fsp3) is 0.280. The quantitative estimate of drug-likeness (QED) is 0.455. The van der Waals surface area contributed by atoms with Gasteiger partial charge in [0, 0.05) is 34.9 Å². The predicted molar refractivity (Wildman–Crippen MR) is 127 cm³/mol. The highest BCUT2D eigenvalue weighted by molar-refractivity contribution is 7.88. The lowest BCUT2D eigenvalue weighted by Crippen LogP contribution is -2.39. The fourth-order valence-corrected chi connectivity index (χ4v) is 5.08. The van der Waals surface area contributed by atoms with Gasteiger partial charge in [-0.05, 0) is 31.0 Å². The van der Waals surface area contributed by atoms with E-state index in [1.54, 1.807) is 0 Å². The molecule has 0 amide bonds. The summed E-state index contributed by atoms with van der Waals surface area (Å²) in [5.41, 5.74) is 4.31. The number of benzene rings is 3. The van der Waals surface area contributed by atoms with Gasteiger partial charge in [0.25, 0.3) is 0 Å². The van der Waals surface area contributed by atoms with Crippen molar-refractivity contribution >= 4 is 31.8 Å². The molecule has 6 heteroatoms. The Labute approximate surface area is 183 Å². The molecule has 1 heterocycles. The summed E-state index contributed by atoms with van der Waals surface area (Å²) in [7, 11) is -3.44. The zero-order valence-corrected chi connectivity index (χ0v) is 18.7. The highest BCUT2D eigenvalue weighted by Gasteiger charge is 2.22. The maximum absolute atomic E-state index is 12.4. The number of aliphatic hydroxyl groups excluding tert-OH is 1. The number of aliphatic hydroxyl groups is 1. The van der Waals surface area contributed by atoms with Gasteiger partial charge in [-0.15, -0.1) is 0 Å². The molecule has 162 valence electrons. The van der Waals surface area contributed by atoms with E-state index in [0.717, 1.165) is 32.9 Å². The van der Waals surface area contributed by atoms with Crippen LogP contribution in [0.2, 0.25) is 0 Å². The summed E-state index contributed by atoms with van der Waals surface area (Å²) in [6, 6.07) is 24.3. The van der Waals surface area contributed by atoms with Crippen molar-refractivity contribution in [2.45, 2.75) is 26.0 Å². The van der Waals surface area contributed by atoms with Gasteiger partial charge >= 0.3 is 0 Å². The number of aryl methyl sites for hydroxylation is 1. The molecule has 1 atom stereocenters. The molecule has 0 fully saturated rings. The van der Waals surface area contributed by atoms with E-state index >= 15 is 0 Å². The van der Waals surface area contributed by atoms with Crippen LogP contribution in [0, 0.1) is 6.92 Å². The third-order valence-corrected chi connectivity index (χ3v) is 6.96. The molecule has 3 aromatic carbocycles. The zero-order valence-electron chi connectivity index (χ0n) is 17.9. The Morgan fingerprint density at radius 3 is 2.13 bits per heavy atom. The number of hydrogen-bond donors (Lipinski definition) is 1. The molecule has 0 spiro atoms. The molecule has 0 saturated carbocycles. The number of sulfonamides is 1. The van der Waals surface area contributed by atoms with E-state index in [4.69, 9.17) is 0 Å². The number of para-hydroxylation sites is 2. The normalized spacial score (nSPS) is 13.3. The van der Waals surface area contributed by atoms with Crippen molar-refractivity contribution < 1.29 is 13.5 Å². The maximum atomic E-state index is 12.4. The summed E-state index contributed by atoms with van der Waals surface area (Å²) in [4.78, 5) is 0. The second-order valence-corrected chi connectivity index (χ2v) is 10.1. The summed E-state index contributed by atoms with van der Waals surface area (Å²) in [6.07, 6.45) is 0.985. The van der Waals surface area contributed by atoms with Crippen molar-refractivity contribution in [3.63, 3.8) is 0 Å². The largest absolute Gasteiger partial charge is 0.390 e. The van der Waals surface area contributed by atoms with Gasteiger partial charge in [0.2, 0.25) is 10.0 Å². The molecule has 31 heavy (non-hydrogen) atoms. The highest BCUT2D eigenvalue weighted by Crippen LogP contribution is 2.29. The van der Waals surface area contributed by atoms with Crippen LogP contribution in [-0.4, -0.2) is 47.8 Å². The fourth-order valence-electron chi connectivity index (χ4n) is 4.22. The Morgan fingerprint density at radius 2 is 1.55 bits per heavy atom. The number of aromatic nitrogens is 1. The highest BCUT2D eigenvalue weighted by atomic mass is 32.2. The van der Waals surface area contributed by atoms with Gasteiger partial charge in [0.05, 0.1) is 18.9 Å². The van der Waals surface area contributed by atoms with Crippen molar-refractivity contribution in [1.29, 1.82) is 0 Å². The van der Waals surface area contributed by atoms with Crippen molar-refractivity contribution in [2.75, 3.05) is 19.3 Å². The van der Waals surface area contributed by atoms with Gasteiger partial charge in [-0.3, -0.25) is 0 Å². The van der Waals surface area contributed by atoms with E-state index in [2.05, 4.69) is 22.8 Å². The van der Waals surface area contributed by atoms with Gasteiger partial charge in [-0.25, -0.2) is 8.42 Å². The van der Waals surface area contributed by atoms with Gasteiger partial charge in [-0.1, -0.05) is 66.2 Å². The van der Waals surface area contributed by atoms with Crippen LogP contribution in [0.4, 0.5) is 0 Å². The Balaban J connectivity index is 1.55. The van der Waals surface area contributed by atoms with Crippen molar-refractivity contribution in [3.8, 4) is 0 Å².